The van der Waals surface area contributed by atoms with Gasteiger partial charge in [0.25, 0.3) is 0 Å². The maximum Gasteiger partial charge on any atom is 0.459 e. The normalized spacial score (nSPS) is 25.0. The van der Waals surface area contributed by atoms with Crippen molar-refractivity contribution in [3.63, 3.8) is 0 Å². The molecule has 5 N–H and O–H groups in total. The van der Waals surface area contributed by atoms with Gasteiger partial charge in [0, 0.05) is 5.39 Å². The van der Waals surface area contributed by atoms with E-state index in [0.29, 0.717) is 5.39 Å². The minimum absolute atomic E-state index is 0.0940. The van der Waals surface area contributed by atoms with Gasteiger partial charge in [-0.3, -0.25) is 13.9 Å². The molecule has 264 valence electrons. The molecule has 0 radical (unpaired) electrons. The molecular weight excluding hydrogens is 655 g/mol. The van der Waals surface area contributed by atoms with Crippen LogP contribution in [0.25, 0.3) is 21.9 Å². The minimum atomic E-state index is -4.42. The first-order chi connectivity index (χ1) is 23.4. The summed E-state index contributed by atoms with van der Waals surface area (Å²) in [6, 6.07) is 11.6. The Morgan fingerprint density at radius 1 is 1.16 bits per heavy atom. The number of imidazole rings is 1. The van der Waals surface area contributed by atoms with Crippen LogP contribution in [0.5, 0.6) is 11.6 Å². The van der Waals surface area contributed by atoms with Gasteiger partial charge in [0.05, 0.1) is 20.0 Å². The lowest BCUT2D eigenvalue weighted by Crippen LogP contribution is -2.45. The van der Waals surface area contributed by atoms with Gasteiger partial charge in [-0.15, -0.1) is 0 Å². The third kappa shape index (κ3) is 7.23. The van der Waals surface area contributed by atoms with Crippen molar-refractivity contribution in [1.29, 1.82) is 0 Å². The number of rotatable bonds is 12. The van der Waals surface area contributed by atoms with Gasteiger partial charge in [-0.1, -0.05) is 56.7 Å². The first-order valence-corrected chi connectivity index (χ1v) is 17.9. The number of hydrogen-bond acceptors (Lipinski definition) is 13. The summed E-state index contributed by atoms with van der Waals surface area (Å²) in [7, 11) is -3.01. The van der Waals surface area contributed by atoms with Crippen molar-refractivity contribution in [3.8, 4) is 11.6 Å². The number of methoxy groups -OCH3 is 1. The van der Waals surface area contributed by atoms with Crippen LogP contribution in [-0.2, 0) is 23.4 Å². The van der Waals surface area contributed by atoms with Gasteiger partial charge in [-0.2, -0.15) is 15.1 Å². The third-order valence-electron chi connectivity index (χ3n) is 9.04. The van der Waals surface area contributed by atoms with Crippen LogP contribution in [-0.4, -0.2) is 79.4 Å². The lowest BCUT2D eigenvalue weighted by Gasteiger charge is -2.30. The number of aliphatic hydroxyl groups excluding tert-OH is 1. The van der Waals surface area contributed by atoms with E-state index in [1.54, 1.807) is 26.0 Å². The predicted molar refractivity (Wildman–Crippen MR) is 180 cm³/mol. The van der Waals surface area contributed by atoms with Crippen molar-refractivity contribution in [2.75, 3.05) is 19.5 Å². The maximum absolute atomic E-state index is 14.7. The number of nitrogens with zero attached hydrogens (tertiary/aromatic N) is 4. The Bertz CT molecular complexity index is 1840. The minimum Gasteiger partial charge on any atom is -0.479 e. The molecule has 0 spiro atoms. The van der Waals surface area contributed by atoms with Crippen molar-refractivity contribution in [2.45, 2.75) is 89.1 Å². The second-order valence-electron chi connectivity index (χ2n) is 13.0. The highest BCUT2D eigenvalue weighted by atomic mass is 31.2. The van der Waals surface area contributed by atoms with E-state index < -0.39 is 50.4 Å². The molecule has 0 amide bonds. The lowest BCUT2D eigenvalue weighted by molar-refractivity contribution is -0.153. The van der Waals surface area contributed by atoms with Gasteiger partial charge in [0.15, 0.2) is 17.4 Å². The van der Waals surface area contributed by atoms with Crippen molar-refractivity contribution < 1.29 is 42.8 Å². The number of carbonyl (C=O) groups excluding carboxylic acids is 1. The Hall–Kier alpha value is -3.85. The molecule has 2 aliphatic rings. The molecule has 16 heteroatoms. The first-order valence-electron chi connectivity index (χ1n) is 16.4. The molecule has 2 fully saturated rings. The van der Waals surface area contributed by atoms with Gasteiger partial charge in [0.1, 0.15) is 35.7 Å². The number of esters is 1. The second kappa shape index (κ2) is 14.2. The van der Waals surface area contributed by atoms with Crippen molar-refractivity contribution >= 4 is 41.6 Å². The number of hydrogen-bond donors (Lipinski definition) is 4. The van der Waals surface area contributed by atoms with E-state index in [-0.39, 0.29) is 40.8 Å². The maximum atomic E-state index is 14.7. The van der Waals surface area contributed by atoms with Crippen LogP contribution < -0.4 is 20.1 Å². The Labute approximate surface area is 283 Å². The molecule has 49 heavy (non-hydrogen) atoms. The van der Waals surface area contributed by atoms with E-state index in [9.17, 15) is 19.6 Å². The van der Waals surface area contributed by atoms with Crippen molar-refractivity contribution in [1.82, 2.24) is 24.6 Å². The van der Waals surface area contributed by atoms with E-state index in [4.69, 9.17) is 29.0 Å². The Morgan fingerprint density at radius 2 is 1.90 bits per heavy atom. The van der Waals surface area contributed by atoms with Gasteiger partial charge in [0.2, 0.25) is 11.8 Å². The first kappa shape index (κ1) is 35.0. The number of benzene rings is 2. The Kier molecular flexibility index (Phi) is 10.1. The number of aromatic nitrogens is 4. The zero-order valence-electron chi connectivity index (χ0n) is 27.9. The fraction of sp³-hybridized carbons (Fsp3) is 0.515. The quantitative estimate of drug-likeness (QED) is 0.121. The van der Waals surface area contributed by atoms with E-state index in [0.717, 1.165) is 37.5 Å². The van der Waals surface area contributed by atoms with E-state index in [2.05, 4.69) is 20.0 Å². The standard InChI is InChI=1S/C33H43N6O9P/c1-19(2)25(30(41)46-21-13-6-5-7-14-21)38-49(43,48-23-16-10-12-20-11-8-9-15-22(20)23)45-17-24-27(40)33(3,42)31(47-24)39-18-35-26-28(39)36-32(34)37-29(26)44-4/h8-12,15-16,18-19,21,24-25,27,31,40,42H,5-7,13-14,17H2,1-4H3,(H,38,43)(H2,34,36,37)/t24-,25+,27-,31?,33-,49?/m1/s1. The number of nitrogen functional groups attached to an aromatic ring is 1. The summed E-state index contributed by atoms with van der Waals surface area (Å²) in [5, 5.41) is 27.1. The lowest BCUT2D eigenvalue weighted by atomic mass is 9.96. The fourth-order valence-corrected chi connectivity index (χ4v) is 8.02. The molecule has 3 heterocycles. The van der Waals surface area contributed by atoms with Crippen LogP contribution in [0.3, 0.4) is 0 Å². The summed E-state index contributed by atoms with van der Waals surface area (Å²) in [5.74, 6) is -0.632. The topological polar surface area (TPSA) is 202 Å². The number of carbonyl (C=O) groups is 1. The van der Waals surface area contributed by atoms with Crippen LogP contribution in [0.2, 0.25) is 0 Å². The number of nitrogens with one attached hydrogen (secondary N) is 1. The molecular formula is C33H43N6O9P. The molecule has 1 aliphatic heterocycles. The highest BCUT2D eigenvalue weighted by molar-refractivity contribution is 7.52. The summed E-state index contributed by atoms with van der Waals surface area (Å²) in [6.07, 6.45) is 1.76. The summed E-state index contributed by atoms with van der Waals surface area (Å²) in [4.78, 5) is 26.0. The van der Waals surface area contributed by atoms with Gasteiger partial charge in [-0.05, 0) is 50.0 Å². The highest BCUT2D eigenvalue weighted by Crippen LogP contribution is 2.49. The van der Waals surface area contributed by atoms with Gasteiger partial charge in [-0.25, -0.2) is 9.55 Å². The molecule has 2 aromatic heterocycles. The predicted octanol–water partition coefficient (Wildman–Crippen LogP) is 4.27. The van der Waals surface area contributed by atoms with Crippen LogP contribution in [0.1, 0.15) is 59.1 Å². The number of fused-ring (bicyclic) bond motifs is 2. The number of ether oxygens (including phenoxy) is 3. The molecule has 2 unspecified atom stereocenters. The molecule has 1 saturated heterocycles. The summed E-state index contributed by atoms with van der Waals surface area (Å²) < 4.78 is 45.5. The van der Waals surface area contributed by atoms with E-state index in [1.165, 1.54) is 24.9 Å². The zero-order chi connectivity index (χ0) is 34.9. The average molecular weight is 699 g/mol. The number of anilines is 1. The van der Waals surface area contributed by atoms with Crippen molar-refractivity contribution in [3.05, 3.63) is 48.8 Å². The highest BCUT2D eigenvalue weighted by Gasteiger charge is 2.54. The fourth-order valence-electron chi connectivity index (χ4n) is 6.33. The molecule has 1 saturated carbocycles. The Balaban J connectivity index is 1.28. The van der Waals surface area contributed by atoms with E-state index in [1.807, 2.05) is 30.3 Å². The summed E-state index contributed by atoms with van der Waals surface area (Å²) in [5.41, 5.74) is 4.45. The van der Waals surface area contributed by atoms with Crippen LogP contribution in [0.4, 0.5) is 5.95 Å². The molecule has 6 atom stereocenters. The molecule has 0 bridgehead atoms. The Morgan fingerprint density at radius 3 is 2.63 bits per heavy atom. The second-order valence-corrected chi connectivity index (χ2v) is 14.7. The molecule has 15 nitrogen and oxygen atoms in total. The number of aliphatic hydroxyl groups is 2. The van der Waals surface area contributed by atoms with E-state index >= 15 is 0 Å². The van der Waals surface area contributed by atoms with Crippen LogP contribution >= 0.6 is 7.75 Å². The summed E-state index contributed by atoms with van der Waals surface area (Å²) in [6.45, 7) is 4.48. The zero-order valence-corrected chi connectivity index (χ0v) is 28.8. The van der Waals surface area contributed by atoms with Gasteiger partial charge >= 0.3 is 13.7 Å². The average Bonchev–Trinajstić information content (AvgIpc) is 3.59. The summed E-state index contributed by atoms with van der Waals surface area (Å²) >= 11 is 0. The monoisotopic (exact) mass is 698 g/mol. The molecule has 1 aliphatic carbocycles. The van der Waals surface area contributed by atoms with Crippen LogP contribution in [0, 0.1) is 5.92 Å². The molecule has 6 rings (SSSR count). The van der Waals surface area contributed by atoms with Crippen molar-refractivity contribution in [2.24, 2.45) is 5.92 Å². The third-order valence-corrected chi connectivity index (χ3v) is 10.6. The molecule has 4 aromatic rings. The number of nitrogens with two attached hydrogens (primary N) is 1. The molecule has 2 aromatic carbocycles. The largest absolute Gasteiger partial charge is 0.479 e. The van der Waals surface area contributed by atoms with Crippen LogP contribution in [0.15, 0.2) is 48.8 Å². The smallest absolute Gasteiger partial charge is 0.459 e. The SMILES string of the molecule is COc1nc(N)nc2c1ncn2C1O[C@H](COP(=O)(N[C@H](C(=O)OC2CCCCC2)C(C)C)Oc2cccc3ccccc23)[C@@H](O)[C@@]1(C)O. The van der Waals surface area contributed by atoms with Gasteiger partial charge < -0.3 is 34.7 Å².